The highest BCUT2D eigenvalue weighted by Gasteiger charge is 2.44. The maximum atomic E-state index is 12.4. The lowest BCUT2D eigenvalue weighted by Gasteiger charge is -2.16. The monoisotopic (exact) mass is 371 g/mol. The molecule has 1 N–H and O–H groups in total. The number of rotatable bonds is 8. The second-order valence-electron chi connectivity index (χ2n) is 7.78. The largest absolute Gasteiger partial charge is 0.354 e. The first-order valence-corrected chi connectivity index (χ1v) is 10.4. The van der Waals surface area contributed by atoms with Gasteiger partial charge in [-0.15, -0.1) is 0 Å². The van der Waals surface area contributed by atoms with Gasteiger partial charge in [0, 0.05) is 24.2 Å². The van der Waals surface area contributed by atoms with Crippen molar-refractivity contribution >= 4 is 17.7 Å². The van der Waals surface area contributed by atoms with Crippen molar-refractivity contribution in [3.8, 4) is 0 Å². The van der Waals surface area contributed by atoms with E-state index in [1.807, 2.05) is 13.0 Å². The van der Waals surface area contributed by atoms with Gasteiger partial charge < -0.3 is 9.88 Å². The summed E-state index contributed by atoms with van der Waals surface area (Å²) in [4.78, 5) is 17.0. The average molecular weight is 372 g/mol. The number of nitrogens with zero attached hydrogens (tertiary/aromatic N) is 2. The fourth-order valence-electron chi connectivity index (χ4n) is 3.27. The Morgan fingerprint density at radius 2 is 1.96 bits per heavy atom. The fourth-order valence-corrected chi connectivity index (χ4v) is 4.20. The highest BCUT2D eigenvalue weighted by Crippen LogP contribution is 2.47. The van der Waals surface area contributed by atoms with Crippen molar-refractivity contribution in [2.75, 3.05) is 12.3 Å². The molecule has 0 aliphatic heterocycles. The second-order valence-corrected chi connectivity index (χ2v) is 8.72. The van der Waals surface area contributed by atoms with Crippen LogP contribution in [0.15, 0.2) is 35.5 Å². The van der Waals surface area contributed by atoms with Gasteiger partial charge in [-0.3, -0.25) is 4.79 Å². The zero-order chi connectivity index (χ0) is 18.7. The molecule has 1 aliphatic rings. The van der Waals surface area contributed by atoms with Crippen LogP contribution in [-0.4, -0.2) is 27.8 Å². The minimum absolute atomic E-state index is 0.0895. The van der Waals surface area contributed by atoms with Gasteiger partial charge in [-0.1, -0.05) is 55.9 Å². The third-order valence-electron chi connectivity index (χ3n) is 5.17. The van der Waals surface area contributed by atoms with E-state index in [1.54, 1.807) is 0 Å². The molecule has 1 fully saturated rings. The van der Waals surface area contributed by atoms with Crippen LogP contribution in [0, 0.1) is 19.8 Å². The number of imidazole rings is 1. The first-order valence-electron chi connectivity index (χ1n) is 9.40. The molecule has 1 aromatic heterocycles. The molecular weight excluding hydrogens is 342 g/mol. The van der Waals surface area contributed by atoms with E-state index in [4.69, 9.17) is 0 Å². The molecular formula is C21H29N3OS. The summed E-state index contributed by atoms with van der Waals surface area (Å²) in [6.45, 7) is 10.2. The molecule has 5 heteroatoms. The van der Waals surface area contributed by atoms with Crippen molar-refractivity contribution in [1.29, 1.82) is 0 Å². The Hall–Kier alpha value is -1.75. The lowest BCUT2D eigenvalue weighted by Crippen LogP contribution is -2.33. The maximum Gasteiger partial charge on any atom is 0.230 e. The topological polar surface area (TPSA) is 46.9 Å². The van der Waals surface area contributed by atoms with Gasteiger partial charge in [0.1, 0.15) is 0 Å². The van der Waals surface area contributed by atoms with Crippen LogP contribution in [0.4, 0.5) is 0 Å². The van der Waals surface area contributed by atoms with Crippen LogP contribution in [0.1, 0.15) is 43.6 Å². The zero-order valence-electron chi connectivity index (χ0n) is 16.2. The van der Waals surface area contributed by atoms with E-state index in [9.17, 15) is 4.79 Å². The van der Waals surface area contributed by atoms with Crippen LogP contribution in [0.3, 0.4) is 0 Å². The van der Waals surface area contributed by atoms with Gasteiger partial charge in [0.25, 0.3) is 0 Å². The van der Waals surface area contributed by atoms with Crippen LogP contribution in [0.25, 0.3) is 0 Å². The molecule has 4 nitrogen and oxygen atoms in total. The molecule has 1 heterocycles. The molecule has 0 spiro atoms. The van der Waals surface area contributed by atoms with E-state index in [2.05, 4.69) is 59.9 Å². The van der Waals surface area contributed by atoms with Crippen LogP contribution in [0.5, 0.6) is 0 Å². The molecule has 2 aromatic rings. The zero-order valence-corrected chi connectivity index (χ0v) is 17.0. The van der Waals surface area contributed by atoms with Gasteiger partial charge in [0.05, 0.1) is 11.4 Å². The molecule has 0 unspecified atom stereocenters. The van der Waals surface area contributed by atoms with Crippen molar-refractivity contribution in [3.05, 3.63) is 47.3 Å². The van der Waals surface area contributed by atoms with E-state index >= 15 is 0 Å². The van der Waals surface area contributed by atoms with Crippen LogP contribution in [-0.2, 0) is 16.8 Å². The summed E-state index contributed by atoms with van der Waals surface area (Å²) >= 11 is 1.54. The van der Waals surface area contributed by atoms with Gasteiger partial charge in [-0.05, 0) is 38.2 Å². The number of aromatic nitrogens is 2. The molecule has 0 saturated heterocycles. The smallest absolute Gasteiger partial charge is 0.230 e. The lowest BCUT2D eigenvalue weighted by molar-refractivity contribution is -0.118. The molecule has 1 saturated carbocycles. The predicted octanol–water partition coefficient (Wildman–Crippen LogP) is 4.10. The number of aryl methyl sites for hydroxylation is 1. The van der Waals surface area contributed by atoms with E-state index in [0.29, 0.717) is 11.7 Å². The average Bonchev–Trinajstić information content (AvgIpc) is 3.37. The van der Waals surface area contributed by atoms with E-state index in [-0.39, 0.29) is 11.3 Å². The van der Waals surface area contributed by atoms with Crippen LogP contribution >= 0.6 is 11.8 Å². The van der Waals surface area contributed by atoms with E-state index in [0.717, 1.165) is 36.8 Å². The fraction of sp³-hybridized carbons (Fsp3) is 0.524. The number of hydrogen-bond acceptors (Lipinski definition) is 3. The number of benzene rings is 1. The summed E-state index contributed by atoms with van der Waals surface area (Å²) in [6.07, 6.45) is 2.31. The highest BCUT2D eigenvalue weighted by molar-refractivity contribution is 7.99. The summed E-state index contributed by atoms with van der Waals surface area (Å²) in [6, 6.07) is 10.5. The Kier molecular flexibility index (Phi) is 5.76. The standard InChI is InChI=1S/C21H29N3OS/c1-15(2)12-24-17(4)16(3)23-20(24)26-13-19(25)22-14-21(10-11-21)18-8-6-5-7-9-18/h5-9,15H,10-14H2,1-4H3,(H,22,25). The minimum Gasteiger partial charge on any atom is -0.354 e. The highest BCUT2D eigenvalue weighted by atomic mass is 32.2. The summed E-state index contributed by atoms with van der Waals surface area (Å²) < 4.78 is 2.24. The van der Waals surface area contributed by atoms with Crippen LogP contribution < -0.4 is 5.32 Å². The van der Waals surface area contributed by atoms with Crippen molar-refractivity contribution in [3.63, 3.8) is 0 Å². The third-order valence-corrected chi connectivity index (χ3v) is 6.14. The van der Waals surface area contributed by atoms with Crippen molar-refractivity contribution in [2.24, 2.45) is 5.92 Å². The Balaban J connectivity index is 1.55. The molecule has 26 heavy (non-hydrogen) atoms. The first kappa shape index (κ1) is 19.0. The normalized spacial score (nSPS) is 15.3. The number of thioether (sulfide) groups is 1. The van der Waals surface area contributed by atoms with Gasteiger partial charge >= 0.3 is 0 Å². The lowest BCUT2D eigenvalue weighted by atomic mass is 9.96. The van der Waals surface area contributed by atoms with Crippen molar-refractivity contribution in [1.82, 2.24) is 14.9 Å². The van der Waals surface area contributed by atoms with Crippen LogP contribution in [0.2, 0.25) is 0 Å². The Labute approximate surface area is 160 Å². The SMILES string of the molecule is Cc1nc(SCC(=O)NCC2(c3ccccc3)CC2)n(CC(C)C)c1C. The molecule has 140 valence electrons. The predicted molar refractivity (Wildman–Crippen MR) is 108 cm³/mol. The van der Waals surface area contributed by atoms with Gasteiger partial charge in [-0.25, -0.2) is 4.98 Å². The number of amides is 1. The van der Waals surface area contributed by atoms with Crippen molar-refractivity contribution in [2.45, 2.75) is 57.7 Å². The summed E-state index contributed by atoms with van der Waals surface area (Å²) in [7, 11) is 0. The molecule has 3 rings (SSSR count). The minimum atomic E-state index is 0.0895. The molecule has 1 amide bonds. The summed E-state index contributed by atoms with van der Waals surface area (Å²) in [5, 5.41) is 4.09. The number of hydrogen-bond donors (Lipinski definition) is 1. The quantitative estimate of drug-likeness (QED) is 0.711. The van der Waals surface area contributed by atoms with E-state index in [1.165, 1.54) is 23.0 Å². The summed E-state index contributed by atoms with van der Waals surface area (Å²) in [5.41, 5.74) is 3.74. The Morgan fingerprint density at radius 3 is 2.58 bits per heavy atom. The Morgan fingerprint density at radius 1 is 1.27 bits per heavy atom. The second kappa shape index (κ2) is 7.87. The molecule has 1 aliphatic carbocycles. The third kappa shape index (κ3) is 4.32. The van der Waals surface area contributed by atoms with Gasteiger partial charge in [0.15, 0.2) is 5.16 Å². The first-order chi connectivity index (χ1) is 12.4. The summed E-state index contributed by atoms with van der Waals surface area (Å²) in [5.74, 6) is 1.06. The number of carbonyl (C=O) groups excluding carboxylic acids is 1. The maximum absolute atomic E-state index is 12.4. The number of nitrogens with one attached hydrogen (secondary N) is 1. The molecule has 0 atom stereocenters. The molecule has 0 bridgehead atoms. The molecule has 1 aromatic carbocycles. The Bertz CT molecular complexity index is 763. The van der Waals surface area contributed by atoms with E-state index < -0.39 is 0 Å². The van der Waals surface area contributed by atoms with Crippen molar-refractivity contribution < 1.29 is 4.79 Å². The number of carbonyl (C=O) groups is 1. The van der Waals surface area contributed by atoms with Gasteiger partial charge in [-0.2, -0.15) is 0 Å². The van der Waals surface area contributed by atoms with Gasteiger partial charge in [0.2, 0.25) is 5.91 Å². The molecule has 0 radical (unpaired) electrons.